The van der Waals surface area contributed by atoms with Crippen LogP contribution in [0.2, 0.25) is 5.02 Å². The smallest absolute Gasteiger partial charge is 0.133 e. The lowest BCUT2D eigenvalue weighted by Gasteiger charge is -2.10. The fourth-order valence-electron chi connectivity index (χ4n) is 3.77. The molecule has 4 aromatic rings. The summed E-state index contributed by atoms with van der Waals surface area (Å²) in [5.74, 6) is 1.10. The number of nitrogens with zero attached hydrogens (tertiary/aromatic N) is 2. The summed E-state index contributed by atoms with van der Waals surface area (Å²) in [4.78, 5) is 0. The van der Waals surface area contributed by atoms with Crippen LogP contribution in [0.3, 0.4) is 0 Å². The molecule has 0 bridgehead atoms. The average molecular weight is 360 g/mol. The Morgan fingerprint density at radius 1 is 1.00 bits per heavy atom. The number of aromatic nitrogens is 2. The van der Waals surface area contributed by atoms with E-state index in [0.29, 0.717) is 0 Å². The summed E-state index contributed by atoms with van der Waals surface area (Å²) in [6.07, 6.45) is 0.990. The topological polar surface area (TPSA) is 29.9 Å². The Kier molecular flexibility index (Phi) is 3.50. The molecule has 3 aromatic carbocycles. The van der Waals surface area contributed by atoms with E-state index in [1.807, 2.05) is 22.9 Å². The van der Waals surface area contributed by atoms with Gasteiger partial charge in [-0.1, -0.05) is 48.0 Å². The second-order valence-electron chi connectivity index (χ2n) is 6.76. The Hall–Kier alpha value is -2.78. The number of nitrogens with one attached hydrogen (secondary N) is 1. The highest BCUT2D eigenvalue weighted by atomic mass is 35.5. The van der Waals surface area contributed by atoms with Gasteiger partial charge in [0.25, 0.3) is 0 Å². The number of hydrogen-bond donors (Lipinski definition) is 1. The number of anilines is 1. The second-order valence-corrected chi connectivity index (χ2v) is 7.19. The van der Waals surface area contributed by atoms with Gasteiger partial charge in [0.15, 0.2) is 0 Å². The van der Waals surface area contributed by atoms with Crippen molar-refractivity contribution in [3.05, 3.63) is 76.8 Å². The van der Waals surface area contributed by atoms with Gasteiger partial charge in [0.1, 0.15) is 5.82 Å². The number of rotatable bonds is 2. The lowest BCUT2D eigenvalue weighted by Crippen LogP contribution is -2.05. The zero-order valence-corrected chi connectivity index (χ0v) is 15.2. The minimum absolute atomic E-state index is 0.748. The fourth-order valence-corrected chi connectivity index (χ4v) is 4.00. The molecule has 1 aromatic heterocycles. The summed E-state index contributed by atoms with van der Waals surface area (Å²) in [6.45, 7) is 3.01. The predicted octanol–water partition coefficient (Wildman–Crippen LogP) is 5.62. The van der Waals surface area contributed by atoms with Gasteiger partial charge in [-0.25, -0.2) is 4.68 Å². The fraction of sp³-hybridized carbons (Fsp3) is 0.136. The summed E-state index contributed by atoms with van der Waals surface area (Å²) < 4.78 is 2.03. The van der Waals surface area contributed by atoms with Crippen molar-refractivity contribution in [1.29, 1.82) is 0 Å². The van der Waals surface area contributed by atoms with Crippen molar-refractivity contribution in [2.24, 2.45) is 0 Å². The van der Waals surface area contributed by atoms with Gasteiger partial charge in [0.05, 0.1) is 11.4 Å². The molecule has 0 radical (unpaired) electrons. The molecule has 0 aliphatic carbocycles. The molecule has 0 saturated carbocycles. The van der Waals surface area contributed by atoms with Crippen LogP contribution in [0.5, 0.6) is 0 Å². The number of halogens is 1. The minimum atomic E-state index is 0.748. The van der Waals surface area contributed by atoms with Gasteiger partial charge in [-0.2, -0.15) is 5.10 Å². The zero-order valence-electron chi connectivity index (χ0n) is 14.5. The van der Waals surface area contributed by atoms with Gasteiger partial charge in [-0.15, -0.1) is 0 Å². The van der Waals surface area contributed by atoms with Gasteiger partial charge in [-0.05, 0) is 53.9 Å². The van der Waals surface area contributed by atoms with Gasteiger partial charge < -0.3 is 5.32 Å². The number of aryl methyl sites for hydroxylation is 1. The van der Waals surface area contributed by atoms with Crippen molar-refractivity contribution in [3.63, 3.8) is 0 Å². The highest BCUT2D eigenvalue weighted by Gasteiger charge is 2.24. The van der Waals surface area contributed by atoms with Crippen molar-refractivity contribution < 1.29 is 0 Å². The van der Waals surface area contributed by atoms with Crippen LogP contribution in [0.25, 0.3) is 27.7 Å². The molecule has 5 rings (SSSR count). The van der Waals surface area contributed by atoms with Crippen molar-refractivity contribution in [2.75, 3.05) is 11.9 Å². The van der Waals surface area contributed by atoms with Crippen LogP contribution >= 0.6 is 11.6 Å². The maximum absolute atomic E-state index is 6.13. The summed E-state index contributed by atoms with van der Waals surface area (Å²) in [6, 6.07) is 20.9. The van der Waals surface area contributed by atoms with E-state index in [0.717, 1.165) is 46.3 Å². The van der Waals surface area contributed by atoms with Gasteiger partial charge in [-0.3, -0.25) is 0 Å². The standard InChI is InChI=1S/C22H18ClN3/c1-14-12-18(23)8-9-20(14)26-22-19(10-11-24-22)21(25-26)17-7-6-15-4-2-3-5-16(15)13-17/h2-9,12-13,24H,10-11H2,1H3. The predicted molar refractivity (Wildman–Crippen MR) is 108 cm³/mol. The molecule has 0 unspecified atom stereocenters. The van der Waals surface area contributed by atoms with E-state index in [4.69, 9.17) is 16.7 Å². The van der Waals surface area contributed by atoms with Crippen LogP contribution < -0.4 is 5.32 Å². The Balaban J connectivity index is 1.70. The molecule has 0 saturated heterocycles. The maximum atomic E-state index is 6.13. The van der Waals surface area contributed by atoms with Crippen molar-refractivity contribution in [1.82, 2.24) is 9.78 Å². The molecule has 1 aliphatic rings. The van der Waals surface area contributed by atoms with Crippen LogP contribution in [-0.4, -0.2) is 16.3 Å². The Bertz CT molecular complexity index is 1140. The maximum Gasteiger partial charge on any atom is 0.133 e. The first-order valence-electron chi connectivity index (χ1n) is 8.82. The Morgan fingerprint density at radius 3 is 2.69 bits per heavy atom. The molecule has 2 heterocycles. The minimum Gasteiger partial charge on any atom is -0.369 e. The summed E-state index contributed by atoms with van der Waals surface area (Å²) >= 11 is 6.13. The van der Waals surface area contributed by atoms with Crippen LogP contribution in [0.15, 0.2) is 60.7 Å². The number of fused-ring (bicyclic) bond motifs is 2. The number of benzene rings is 3. The van der Waals surface area contributed by atoms with E-state index >= 15 is 0 Å². The quantitative estimate of drug-likeness (QED) is 0.503. The molecule has 0 fully saturated rings. The van der Waals surface area contributed by atoms with E-state index in [9.17, 15) is 0 Å². The normalized spacial score (nSPS) is 13.0. The van der Waals surface area contributed by atoms with Crippen molar-refractivity contribution in [3.8, 4) is 16.9 Å². The lowest BCUT2D eigenvalue weighted by molar-refractivity contribution is 0.875. The molecular formula is C22H18ClN3. The molecule has 1 aliphatic heterocycles. The van der Waals surface area contributed by atoms with Crippen LogP contribution in [-0.2, 0) is 6.42 Å². The van der Waals surface area contributed by atoms with Gasteiger partial charge >= 0.3 is 0 Å². The number of hydrogen-bond acceptors (Lipinski definition) is 2. The first-order valence-corrected chi connectivity index (χ1v) is 9.20. The molecule has 3 nitrogen and oxygen atoms in total. The molecular weight excluding hydrogens is 342 g/mol. The Labute approximate surface area is 157 Å². The van der Waals surface area contributed by atoms with Crippen molar-refractivity contribution in [2.45, 2.75) is 13.3 Å². The summed E-state index contributed by atoms with van der Waals surface area (Å²) in [7, 11) is 0. The van der Waals surface area contributed by atoms with Crippen LogP contribution in [0.4, 0.5) is 5.82 Å². The Morgan fingerprint density at radius 2 is 1.85 bits per heavy atom. The molecule has 128 valence electrons. The third kappa shape index (κ3) is 2.39. The van der Waals surface area contributed by atoms with Crippen molar-refractivity contribution >= 4 is 28.2 Å². The van der Waals surface area contributed by atoms with E-state index in [1.165, 1.54) is 16.3 Å². The zero-order chi connectivity index (χ0) is 17.7. The first-order chi connectivity index (χ1) is 12.7. The first kappa shape index (κ1) is 15.5. The molecule has 0 spiro atoms. The highest BCUT2D eigenvalue weighted by molar-refractivity contribution is 6.30. The van der Waals surface area contributed by atoms with E-state index in [2.05, 4.69) is 54.7 Å². The van der Waals surface area contributed by atoms with Gasteiger partial charge in [0.2, 0.25) is 0 Å². The molecule has 0 atom stereocenters. The van der Waals surface area contributed by atoms with Crippen LogP contribution in [0, 0.1) is 6.92 Å². The lowest BCUT2D eigenvalue weighted by atomic mass is 10.0. The second kappa shape index (κ2) is 5.89. The SMILES string of the molecule is Cc1cc(Cl)ccc1-n1nc(-c2ccc3ccccc3c2)c2c1NCC2. The third-order valence-corrected chi connectivity index (χ3v) is 5.30. The molecule has 4 heteroatoms. The highest BCUT2D eigenvalue weighted by Crippen LogP contribution is 2.36. The molecule has 0 amide bonds. The summed E-state index contributed by atoms with van der Waals surface area (Å²) in [5.41, 5.74) is 5.68. The van der Waals surface area contributed by atoms with E-state index in [1.54, 1.807) is 0 Å². The van der Waals surface area contributed by atoms with Gasteiger partial charge in [0, 0.05) is 22.7 Å². The molecule has 1 N–H and O–H groups in total. The van der Waals surface area contributed by atoms with E-state index in [-0.39, 0.29) is 0 Å². The molecule has 26 heavy (non-hydrogen) atoms. The monoisotopic (exact) mass is 359 g/mol. The third-order valence-electron chi connectivity index (χ3n) is 5.06. The summed E-state index contributed by atoms with van der Waals surface area (Å²) in [5, 5.41) is 11.7. The largest absolute Gasteiger partial charge is 0.369 e. The average Bonchev–Trinajstić information content (AvgIpc) is 3.24. The van der Waals surface area contributed by atoms with Crippen LogP contribution in [0.1, 0.15) is 11.1 Å². The van der Waals surface area contributed by atoms with E-state index < -0.39 is 0 Å².